The number of amides is 2. The molecule has 0 bridgehead atoms. The Labute approximate surface area is 450 Å². The van der Waals surface area contributed by atoms with Crippen LogP contribution in [0.2, 0.25) is 0 Å². The maximum atomic E-state index is 14.8. The Bertz CT molecular complexity index is 3240. The van der Waals surface area contributed by atoms with Crippen molar-refractivity contribution >= 4 is 68.3 Å². The van der Waals surface area contributed by atoms with Gasteiger partial charge in [0, 0.05) is 11.3 Å². The average molecular weight is 1070 g/mol. The van der Waals surface area contributed by atoms with E-state index in [1.165, 1.54) is 11.3 Å². The van der Waals surface area contributed by atoms with Gasteiger partial charge < -0.3 is 24.9 Å². The van der Waals surface area contributed by atoms with E-state index in [9.17, 15) is 23.4 Å². The summed E-state index contributed by atoms with van der Waals surface area (Å²) in [6.45, 7) is -0.714. The van der Waals surface area contributed by atoms with Crippen molar-refractivity contribution in [2.45, 2.75) is 29.2 Å². The SMILES string of the molecule is O=C(CO/N=C(/C(=O)NC1C(=O)N2C(C(=O)OC(c3ccccc3)c3ccccc3)=C(CCl)CS(=O)[C@H]12)c1csc(NC(c2ccccc2)(c2ccccc2)c2ccccc2)n1)OC(c1ccccc1)c1ccccc1. The highest BCUT2D eigenvalue weighted by molar-refractivity contribution is 7.86. The van der Waals surface area contributed by atoms with Gasteiger partial charge in [0.2, 0.25) is 6.61 Å². The van der Waals surface area contributed by atoms with Crippen LogP contribution in [0.1, 0.15) is 56.8 Å². The first-order valence-electron chi connectivity index (χ1n) is 24.2. The zero-order chi connectivity index (χ0) is 52.4. The van der Waals surface area contributed by atoms with Crippen LogP contribution in [0, 0.1) is 0 Å². The highest BCUT2D eigenvalue weighted by Gasteiger charge is 2.58. The number of rotatable bonds is 19. The van der Waals surface area contributed by atoms with Gasteiger partial charge in [0.1, 0.15) is 28.3 Å². The summed E-state index contributed by atoms with van der Waals surface area (Å²) < 4.78 is 26.2. The second-order valence-electron chi connectivity index (χ2n) is 17.7. The number of ether oxygens (including phenoxy) is 2. The number of hydrogen-bond acceptors (Lipinski definition) is 12. The summed E-state index contributed by atoms with van der Waals surface area (Å²) in [6, 6.07) is 65.0. The second kappa shape index (κ2) is 23.4. The molecule has 1 aromatic heterocycles. The van der Waals surface area contributed by atoms with Gasteiger partial charge in [-0.1, -0.05) is 217 Å². The molecular weight excluding hydrogens is 1020 g/mol. The summed E-state index contributed by atoms with van der Waals surface area (Å²) in [4.78, 5) is 68.8. The first kappa shape index (κ1) is 51.0. The molecule has 16 heteroatoms. The van der Waals surface area contributed by atoms with E-state index in [0.717, 1.165) is 32.7 Å². The van der Waals surface area contributed by atoms with Crippen LogP contribution in [0.3, 0.4) is 0 Å². The van der Waals surface area contributed by atoms with Crippen LogP contribution in [0.5, 0.6) is 0 Å². The number of benzene rings is 7. The lowest BCUT2D eigenvalue weighted by molar-refractivity contribution is -0.154. The maximum absolute atomic E-state index is 14.8. The molecular formula is C60H48ClN5O8S2. The Morgan fingerprint density at radius 3 is 1.55 bits per heavy atom. The van der Waals surface area contributed by atoms with Crippen LogP contribution in [-0.2, 0) is 49.8 Å². The number of β-lactam (4-membered cyclic amide) rings is 1. The summed E-state index contributed by atoms with van der Waals surface area (Å²) in [5.74, 6) is -3.67. The molecule has 1 saturated heterocycles. The highest BCUT2D eigenvalue weighted by Crippen LogP contribution is 2.42. The first-order valence-corrected chi connectivity index (χ1v) is 27.0. The zero-order valence-electron chi connectivity index (χ0n) is 40.5. The van der Waals surface area contributed by atoms with Crippen LogP contribution in [0.25, 0.3) is 0 Å². The molecule has 8 aromatic rings. The molecule has 0 aliphatic carbocycles. The fourth-order valence-corrected chi connectivity index (χ4v) is 12.2. The minimum atomic E-state index is -1.83. The van der Waals surface area contributed by atoms with Crippen molar-refractivity contribution in [3.63, 3.8) is 0 Å². The molecule has 380 valence electrons. The topological polar surface area (TPSA) is 166 Å². The third-order valence-electron chi connectivity index (χ3n) is 12.9. The van der Waals surface area contributed by atoms with Crippen LogP contribution >= 0.6 is 22.9 Å². The van der Waals surface area contributed by atoms with E-state index in [1.807, 2.05) is 212 Å². The number of carbonyl (C=O) groups excluding carboxylic acids is 4. The number of alkyl halides is 1. The highest BCUT2D eigenvalue weighted by atomic mass is 35.5. The monoisotopic (exact) mass is 1070 g/mol. The van der Waals surface area contributed by atoms with Gasteiger partial charge in [-0.15, -0.1) is 22.9 Å². The van der Waals surface area contributed by atoms with Gasteiger partial charge in [0.25, 0.3) is 11.8 Å². The van der Waals surface area contributed by atoms with E-state index in [1.54, 1.807) is 5.38 Å². The smallest absolute Gasteiger partial charge is 0.356 e. The lowest BCUT2D eigenvalue weighted by atomic mass is 9.77. The standard InChI is InChI=1S/C60H48ClN5O8S2/c61-36-44-39-76(71)57-51(56(69)66(57)52(44)58(70)74-54(42-26-12-3-13-27-42)43-28-14-4-15-29-43)63-55(68)50(65-72-37-49(67)73-53(40-22-8-1-9-23-40)41-24-10-2-11-25-41)48-38-75-59(62-48)64-60(45-30-16-5-17-31-45,46-32-18-6-19-33-46)47-34-20-7-21-35-47/h1-35,38,51,53-54,57H,36-37,39H2,(H,62,64)(H,63,68)/b65-50+/t51?,57-,76?/m1/s1. The van der Waals surface area contributed by atoms with Crippen molar-refractivity contribution < 1.29 is 37.7 Å². The zero-order valence-corrected chi connectivity index (χ0v) is 42.9. The molecule has 76 heavy (non-hydrogen) atoms. The van der Waals surface area contributed by atoms with Gasteiger partial charge in [0.05, 0.1) is 16.6 Å². The largest absolute Gasteiger partial charge is 0.450 e. The number of nitrogens with zero attached hydrogens (tertiary/aromatic N) is 3. The van der Waals surface area contributed by atoms with Crippen molar-refractivity contribution in [1.82, 2.24) is 15.2 Å². The predicted octanol–water partition coefficient (Wildman–Crippen LogP) is 9.84. The molecule has 13 nitrogen and oxygen atoms in total. The van der Waals surface area contributed by atoms with Crippen LogP contribution in [0.15, 0.2) is 234 Å². The molecule has 2 aliphatic heterocycles. The molecule has 0 saturated carbocycles. The van der Waals surface area contributed by atoms with Crippen molar-refractivity contribution in [3.05, 3.63) is 274 Å². The molecule has 1 fully saturated rings. The van der Waals surface area contributed by atoms with Crippen LogP contribution in [-0.4, -0.2) is 73.2 Å². The molecule has 2 amide bonds. The van der Waals surface area contributed by atoms with E-state index < -0.39 is 76.0 Å². The molecule has 3 atom stereocenters. The Morgan fingerprint density at radius 1 is 0.671 bits per heavy atom. The summed E-state index contributed by atoms with van der Waals surface area (Å²) >= 11 is 7.59. The summed E-state index contributed by atoms with van der Waals surface area (Å²) in [5, 5.41) is 11.4. The van der Waals surface area contributed by atoms with E-state index >= 15 is 0 Å². The van der Waals surface area contributed by atoms with Crippen molar-refractivity contribution in [1.29, 1.82) is 0 Å². The average Bonchev–Trinajstić information content (AvgIpc) is 3.96. The van der Waals surface area contributed by atoms with Gasteiger partial charge in [-0.2, -0.15) is 0 Å². The number of nitrogens with one attached hydrogen (secondary N) is 2. The number of halogens is 1. The Kier molecular flexibility index (Phi) is 15.7. The molecule has 7 aromatic carbocycles. The van der Waals surface area contributed by atoms with Gasteiger partial charge in [-0.05, 0) is 44.5 Å². The Hall–Kier alpha value is -8.50. The molecule has 2 unspecified atom stereocenters. The minimum Gasteiger partial charge on any atom is -0.450 e. The summed E-state index contributed by atoms with van der Waals surface area (Å²) in [7, 11) is -1.83. The Morgan fingerprint density at radius 2 is 1.11 bits per heavy atom. The van der Waals surface area contributed by atoms with E-state index in [2.05, 4.69) is 15.8 Å². The van der Waals surface area contributed by atoms with Gasteiger partial charge in [0.15, 0.2) is 23.1 Å². The van der Waals surface area contributed by atoms with E-state index in [0.29, 0.717) is 16.3 Å². The summed E-state index contributed by atoms with van der Waals surface area (Å²) in [5.41, 5.74) is 4.29. The molecule has 0 spiro atoms. The van der Waals surface area contributed by atoms with E-state index in [4.69, 9.17) is 30.9 Å². The number of anilines is 1. The van der Waals surface area contributed by atoms with Gasteiger partial charge in [-0.3, -0.25) is 18.7 Å². The maximum Gasteiger partial charge on any atom is 0.356 e. The minimum absolute atomic E-state index is 0.0303. The first-order chi connectivity index (χ1) is 37.2. The molecule has 10 rings (SSSR count). The predicted molar refractivity (Wildman–Crippen MR) is 292 cm³/mol. The number of hydrogen-bond donors (Lipinski definition) is 2. The van der Waals surface area contributed by atoms with Gasteiger partial charge >= 0.3 is 11.9 Å². The fraction of sp³-hybridized carbons (Fsp3) is 0.133. The molecule has 0 radical (unpaired) electrons. The van der Waals surface area contributed by atoms with Crippen LogP contribution < -0.4 is 10.6 Å². The molecule has 2 aliphatic rings. The number of thiazole rings is 1. The molecule has 2 N–H and O–H groups in total. The number of oxime groups is 1. The normalized spacial score (nSPS) is 16.4. The second-order valence-corrected chi connectivity index (χ2v) is 20.3. The van der Waals surface area contributed by atoms with Crippen molar-refractivity contribution in [2.75, 3.05) is 23.6 Å². The number of aromatic nitrogens is 1. The van der Waals surface area contributed by atoms with Crippen molar-refractivity contribution in [2.24, 2.45) is 5.16 Å². The Balaban J connectivity index is 0.955. The van der Waals surface area contributed by atoms with Crippen molar-refractivity contribution in [3.8, 4) is 0 Å². The number of fused-ring (bicyclic) bond motifs is 1. The van der Waals surface area contributed by atoms with Crippen LogP contribution in [0.4, 0.5) is 5.13 Å². The third-order valence-corrected chi connectivity index (χ3v) is 15.7. The number of carbonyl (C=O) groups is 4. The lowest BCUT2D eigenvalue weighted by Gasteiger charge is -2.49. The van der Waals surface area contributed by atoms with E-state index in [-0.39, 0.29) is 28.6 Å². The fourth-order valence-electron chi connectivity index (χ4n) is 9.39. The summed E-state index contributed by atoms with van der Waals surface area (Å²) in [6.07, 6.45) is -1.63. The molecule has 3 heterocycles. The third kappa shape index (κ3) is 10.7. The number of esters is 2. The lowest BCUT2D eigenvalue weighted by Crippen LogP contribution is -2.74. The quantitative estimate of drug-likeness (QED) is 0.0199. The van der Waals surface area contributed by atoms with Gasteiger partial charge in [-0.25, -0.2) is 14.6 Å².